The second-order valence-corrected chi connectivity index (χ2v) is 5.84. The first kappa shape index (κ1) is 15.0. The minimum Gasteiger partial charge on any atom is -0.396 e. The van der Waals surface area contributed by atoms with Gasteiger partial charge in [0.05, 0.1) is 5.69 Å². The van der Waals surface area contributed by atoms with Crippen molar-refractivity contribution < 1.29 is 9.90 Å². The van der Waals surface area contributed by atoms with Crippen molar-refractivity contribution in [2.75, 3.05) is 13.2 Å². The number of aliphatic hydroxyl groups excluding tert-OH is 1. The lowest BCUT2D eigenvalue weighted by Crippen LogP contribution is -2.32. The van der Waals surface area contributed by atoms with Crippen molar-refractivity contribution in [2.45, 2.75) is 46.1 Å². The van der Waals surface area contributed by atoms with Gasteiger partial charge in [0.1, 0.15) is 0 Å². The lowest BCUT2D eigenvalue weighted by atomic mass is 9.97. The number of hydrogen-bond donors (Lipinski definition) is 2. The van der Waals surface area contributed by atoms with Crippen LogP contribution in [0.5, 0.6) is 0 Å². The number of aliphatic hydroxyl groups is 1. The SMILES string of the molecule is Cc1cc(C)n(CCC(=O)NCC2CCCC2CO)n1. The topological polar surface area (TPSA) is 67.2 Å². The summed E-state index contributed by atoms with van der Waals surface area (Å²) in [5.41, 5.74) is 2.08. The van der Waals surface area contributed by atoms with Crippen molar-refractivity contribution >= 4 is 5.91 Å². The lowest BCUT2D eigenvalue weighted by Gasteiger charge is -2.17. The first-order valence-electron chi connectivity index (χ1n) is 7.48. The largest absolute Gasteiger partial charge is 0.396 e. The fourth-order valence-corrected chi connectivity index (χ4v) is 3.06. The van der Waals surface area contributed by atoms with Gasteiger partial charge in [0.25, 0.3) is 0 Å². The van der Waals surface area contributed by atoms with E-state index in [0.29, 0.717) is 31.3 Å². The Morgan fingerprint density at radius 3 is 2.85 bits per heavy atom. The molecule has 1 heterocycles. The van der Waals surface area contributed by atoms with Crippen molar-refractivity contribution in [3.63, 3.8) is 0 Å². The van der Waals surface area contributed by atoms with Crippen LogP contribution >= 0.6 is 0 Å². The van der Waals surface area contributed by atoms with Gasteiger partial charge in [-0.05, 0) is 44.6 Å². The highest BCUT2D eigenvalue weighted by molar-refractivity contribution is 5.75. The summed E-state index contributed by atoms with van der Waals surface area (Å²) in [4.78, 5) is 11.9. The summed E-state index contributed by atoms with van der Waals surface area (Å²) in [6, 6.07) is 2.02. The zero-order chi connectivity index (χ0) is 14.5. The third-order valence-electron chi connectivity index (χ3n) is 4.27. The Hall–Kier alpha value is -1.36. The van der Waals surface area contributed by atoms with E-state index in [2.05, 4.69) is 10.4 Å². The van der Waals surface area contributed by atoms with Crippen LogP contribution in [0.4, 0.5) is 0 Å². The number of carbonyl (C=O) groups is 1. The molecule has 2 atom stereocenters. The van der Waals surface area contributed by atoms with Gasteiger partial charge >= 0.3 is 0 Å². The fraction of sp³-hybridized carbons (Fsp3) is 0.733. The van der Waals surface area contributed by atoms with E-state index in [4.69, 9.17) is 0 Å². The molecule has 0 spiro atoms. The summed E-state index contributed by atoms with van der Waals surface area (Å²) in [5.74, 6) is 0.880. The molecule has 5 heteroatoms. The standard InChI is InChI=1S/C15H25N3O2/c1-11-8-12(2)18(17-11)7-6-15(20)16-9-13-4-3-5-14(13)10-19/h8,13-14,19H,3-7,9-10H2,1-2H3,(H,16,20). The van der Waals surface area contributed by atoms with Gasteiger partial charge in [-0.15, -0.1) is 0 Å². The Labute approximate surface area is 120 Å². The van der Waals surface area contributed by atoms with Gasteiger partial charge in [0, 0.05) is 31.8 Å². The van der Waals surface area contributed by atoms with E-state index in [1.807, 2.05) is 24.6 Å². The van der Waals surface area contributed by atoms with Crippen LogP contribution in [0.1, 0.15) is 37.1 Å². The van der Waals surface area contributed by atoms with Crippen LogP contribution in [0.25, 0.3) is 0 Å². The molecule has 0 saturated heterocycles. The average Bonchev–Trinajstić information content (AvgIpc) is 2.99. The molecule has 0 radical (unpaired) electrons. The number of aryl methyl sites for hydroxylation is 3. The summed E-state index contributed by atoms with van der Waals surface area (Å²) < 4.78 is 1.88. The summed E-state index contributed by atoms with van der Waals surface area (Å²) >= 11 is 0. The molecule has 1 aliphatic carbocycles. The predicted octanol–water partition coefficient (Wildman–Crippen LogP) is 1.41. The van der Waals surface area contributed by atoms with Crippen molar-refractivity contribution in [1.82, 2.24) is 15.1 Å². The van der Waals surface area contributed by atoms with Gasteiger partial charge < -0.3 is 10.4 Å². The predicted molar refractivity (Wildman–Crippen MR) is 77.2 cm³/mol. The van der Waals surface area contributed by atoms with Gasteiger partial charge in [-0.1, -0.05) is 6.42 Å². The molecule has 5 nitrogen and oxygen atoms in total. The second-order valence-electron chi connectivity index (χ2n) is 5.84. The molecular weight excluding hydrogens is 254 g/mol. The first-order chi connectivity index (χ1) is 9.60. The zero-order valence-electron chi connectivity index (χ0n) is 12.4. The smallest absolute Gasteiger partial charge is 0.221 e. The molecule has 1 fully saturated rings. The highest BCUT2D eigenvalue weighted by Crippen LogP contribution is 2.30. The number of carbonyl (C=O) groups excluding carboxylic acids is 1. The van der Waals surface area contributed by atoms with Crippen LogP contribution in [-0.4, -0.2) is 33.9 Å². The normalized spacial score (nSPS) is 22.1. The molecule has 2 N–H and O–H groups in total. The van der Waals surface area contributed by atoms with E-state index < -0.39 is 0 Å². The third-order valence-corrected chi connectivity index (χ3v) is 4.27. The molecule has 0 aliphatic heterocycles. The van der Waals surface area contributed by atoms with Gasteiger partial charge in [-0.2, -0.15) is 5.10 Å². The number of hydrogen-bond acceptors (Lipinski definition) is 3. The molecular formula is C15H25N3O2. The van der Waals surface area contributed by atoms with Crippen molar-refractivity contribution in [2.24, 2.45) is 11.8 Å². The molecule has 1 amide bonds. The highest BCUT2D eigenvalue weighted by Gasteiger charge is 2.26. The van der Waals surface area contributed by atoms with E-state index in [-0.39, 0.29) is 12.5 Å². The number of nitrogens with one attached hydrogen (secondary N) is 1. The zero-order valence-corrected chi connectivity index (χ0v) is 12.4. The first-order valence-corrected chi connectivity index (χ1v) is 7.48. The van der Waals surface area contributed by atoms with Crippen LogP contribution in [0.3, 0.4) is 0 Å². The van der Waals surface area contributed by atoms with E-state index in [1.165, 1.54) is 0 Å². The van der Waals surface area contributed by atoms with Crippen molar-refractivity contribution in [3.8, 4) is 0 Å². The Bertz CT molecular complexity index is 456. The molecule has 1 aliphatic rings. The quantitative estimate of drug-likeness (QED) is 0.827. The molecule has 0 bridgehead atoms. The van der Waals surface area contributed by atoms with Crippen LogP contribution < -0.4 is 5.32 Å². The summed E-state index contributed by atoms with van der Waals surface area (Å²) in [6.07, 6.45) is 3.82. The minimum absolute atomic E-state index is 0.0705. The Balaban J connectivity index is 1.72. The van der Waals surface area contributed by atoms with Crippen molar-refractivity contribution in [1.29, 1.82) is 0 Å². The molecule has 2 unspecified atom stereocenters. The number of amides is 1. The second kappa shape index (κ2) is 6.88. The van der Waals surface area contributed by atoms with E-state index in [0.717, 1.165) is 30.7 Å². The maximum Gasteiger partial charge on any atom is 0.221 e. The van der Waals surface area contributed by atoms with Gasteiger partial charge in [0.2, 0.25) is 5.91 Å². The monoisotopic (exact) mass is 279 g/mol. The van der Waals surface area contributed by atoms with E-state index in [9.17, 15) is 9.90 Å². The molecule has 1 saturated carbocycles. The van der Waals surface area contributed by atoms with Gasteiger partial charge in [0.15, 0.2) is 0 Å². The Kier molecular flexibility index (Phi) is 5.17. The van der Waals surface area contributed by atoms with Crippen LogP contribution in [0.15, 0.2) is 6.07 Å². The number of rotatable bonds is 6. The van der Waals surface area contributed by atoms with E-state index >= 15 is 0 Å². The molecule has 0 aromatic carbocycles. The molecule has 2 rings (SSSR count). The molecule has 112 valence electrons. The average molecular weight is 279 g/mol. The summed E-state index contributed by atoms with van der Waals surface area (Å²) in [5, 5.41) is 16.6. The van der Waals surface area contributed by atoms with Gasteiger partial charge in [-0.3, -0.25) is 9.48 Å². The fourth-order valence-electron chi connectivity index (χ4n) is 3.06. The van der Waals surface area contributed by atoms with Crippen LogP contribution in [-0.2, 0) is 11.3 Å². The Morgan fingerprint density at radius 2 is 2.20 bits per heavy atom. The Morgan fingerprint density at radius 1 is 1.45 bits per heavy atom. The third kappa shape index (κ3) is 3.82. The molecule has 1 aromatic heterocycles. The highest BCUT2D eigenvalue weighted by atomic mass is 16.3. The summed E-state index contributed by atoms with van der Waals surface area (Å²) in [7, 11) is 0. The summed E-state index contributed by atoms with van der Waals surface area (Å²) in [6.45, 7) is 5.52. The van der Waals surface area contributed by atoms with Crippen LogP contribution in [0, 0.1) is 25.7 Å². The van der Waals surface area contributed by atoms with Crippen LogP contribution in [0.2, 0.25) is 0 Å². The maximum absolute atomic E-state index is 11.9. The lowest BCUT2D eigenvalue weighted by molar-refractivity contribution is -0.121. The van der Waals surface area contributed by atoms with Gasteiger partial charge in [-0.25, -0.2) is 0 Å². The minimum atomic E-state index is 0.0705. The van der Waals surface area contributed by atoms with Crippen molar-refractivity contribution in [3.05, 3.63) is 17.5 Å². The molecule has 1 aromatic rings. The van der Waals surface area contributed by atoms with E-state index in [1.54, 1.807) is 0 Å². The maximum atomic E-state index is 11.9. The number of nitrogens with zero attached hydrogens (tertiary/aromatic N) is 2. The number of aromatic nitrogens is 2. The molecule has 20 heavy (non-hydrogen) atoms.